The van der Waals surface area contributed by atoms with Crippen LogP contribution < -0.4 is 4.90 Å². The summed E-state index contributed by atoms with van der Waals surface area (Å²) in [5.74, 6) is 0. The molecule has 3 rings (SSSR count). The zero-order valence-corrected chi connectivity index (χ0v) is 9.97. The highest BCUT2D eigenvalue weighted by atomic mass is 15.3. The van der Waals surface area contributed by atoms with E-state index < -0.39 is 0 Å². The summed E-state index contributed by atoms with van der Waals surface area (Å²) in [5.41, 5.74) is 1.39. The Hall–Kier alpha value is -1.02. The Labute approximate surface area is 97.9 Å². The number of benzene rings is 1. The topological polar surface area (TPSA) is 6.48 Å². The smallest absolute Gasteiger partial charge is 0.0366 e. The van der Waals surface area contributed by atoms with E-state index >= 15 is 0 Å². The van der Waals surface area contributed by atoms with E-state index in [9.17, 15) is 0 Å². The number of anilines is 1. The average Bonchev–Trinajstić information content (AvgIpc) is 2.54. The molecule has 2 saturated heterocycles. The van der Waals surface area contributed by atoms with Gasteiger partial charge in [0.15, 0.2) is 0 Å². The van der Waals surface area contributed by atoms with Crippen molar-refractivity contribution in [3.05, 3.63) is 30.3 Å². The third kappa shape index (κ3) is 1.71. The fourth-order valence-corrected chi connectivity index (χ4v) is 3.18. The summed E-state index contributed by atoms with van der Waals surface area (Å²) in [6, 6.07) is 12.5. The van der Waals surface area contributed by atoms with Crippen LogP contribution in [0.25, 0.3) is 0 Å². The number of hydrogen-bond acceptors (Lipinski definition) is 2. The van der Waals surface area contributed by atoms with Crippen molar-refractivity contribution in [2.45, 2.75) is 31.3 Å². The molecule has 0 saturated carbocycles. The maximum Gasteiger partial charge on any atom is 0.0366 e. The molecule has 0 spiro atoms. The first-order chi connectivity index (χ1) is 7.84. The standard InChI is InChI=1S/C14H20N2/c1-15-12-7-8-14(15)11-16(10-9-12)13-5-3-2-4-6-13/h2-6,12,14H,7-11H2,1H3. The third-order valence-corrected chi connectivity index (χ3v) is 4.27. The van der Waals surface area contributed by atoms with Crippen LogP contribution >= 0.6 is 0 Å². The molecule has 2 unspecified atom stereocenters. The van der Waals surface area contributed by atoms with Gasteiger partial charge in [-0.2, -0.15) is 0 Å². The van der Waals surface area contributed by atoms with Crippen LogP contribution in [-0.2, 0) is 0 Å². The minimum absolute atomic E-state index is 0.771. The fraction of sp³-hybridized carbons (Fsp3) is 0.571. The molecule has 2 nitrogen and oxygen atoms in total. The molecule has 1 aromatic rings. The highest BCUT2D eigenvalue weighted by molar-refractivity contribution is 5.46. The van der Waals surface area contributed by atoms with Gasteiger partial charge in [-0.1, -0.05) is 18.2 Å². The lowest BCUT2D eigenvalue weighted by atomic mass is 10.1. The second-order valence-corrected chi connectivity index (χ2v) is 5.12. The first kappa shape index (κ1) is 10.2. The summed E-state index contributed by atoms with van der Waals surface area (Å²) in [6.07, 6.45) is 4.11. The van der Waals surface area contributed by atoms with Gasteiger partial charge < -0.3 is 4.90 Å². The van der Waals surface area contributed by atoms with E-state index in [0.29, 0.717) is 0 Å². The Morgan fingerprint density at radius 1 is 1.00 bits per heavy atom. The van der Waals surface area contributed by atoms with Crippen LogP contribution in [0.15, 0.2) is 30.3 Å². The molecule has 0 aromatic heterocycles. The molecule has 1 aromatic carbocycles. The molecule has 16 heavy (non-hydrogen) atoms. The van der Waals surface area contributed by atoms with Crippen molar-refractivity contribution in [3.8, 4) is 0 Å². The van der Waals surface area contributed by atoms with Crippen molar-refractivity contribution < 1.29 is 0 Å². The van der Waals surface area contributed by atoms with E-state index in [4.69, 9.17) is 0 Å². The van der Waals surface area contributed by atoms with Crippen molar-refractivity contribution in [1.29, 1.82) is 0 Å². The predicted molar refractivity (Wildman–Crippen MR) is 67.8 cm³/mol. The monoisotopic (exact) mass is 216 g/mol. The lowest BCUT2D eigenvalue weighted by Crippen LogP contribution is -2.36. The van der Waals surface area contributed by atoms with Crippen LogP contribution in [0.3, 0.4) is 0 Å². The lowest BCUT2D eigenvalue weighted by molar-refractivity contribution is 0.254. The summed E-state index contributed by atoms with van der Waals surface area (Å²) in [7, 11) is 2.30. The van der Waals surface area contributed by atoms with Gasteiger partial charge in [-0.15, -0.1) is 0 Å². The molecule has 0 radical (unpaired) electrons. The number of rotatable bonds is 1. The van der Waals surface area contributed by atoms with Gasteiger partial charge in [-0.25, -0.2) is 0 Å². The number of likely N-dealkylation sites (N-methyl/N-ethyl adjacent to an activating group) is 1. The Balaban J connectivity index is 1.79. The molecule has 0 aliphatic carbocycles. The zero-order valence-electron chi connectivity index (χ0n) is 9.97. The van der Waals surface area contributed by atoms with Gasteiger partial charge in [0.2, 0.25) is 0 Å². The van der Waals surface area contributed by atoms with Crippen molar-refractivity contribution >= 4 is 5.69 Å². The average molecular weight is 216 g/mol. The van der Waals surface area contributed by atoms with E-state index in [2.05, 4.69) is 47.2 Å². The van der Waals surface area contributed by atoms with Gasteiger partial charge in [0.05, 0.1) is 0 Å². The van der Waals surface area contributed by atoms with Crippen LogP contribution in [0.2, 0.25) is 0 Å². The van der Waals surface area contributed by atoms with Crippen molar-refractivity contribution in [2.75, 3.05) is 25.0 Å². The molecule has 2 heteroatoms. The van der Waals surface area contributed by atoms with E-state index in [1.807, 2.05) is 0 Å². The van der Waals surface area contributed by atoms with E-state index in [1.165, 1.54) is 38.0 Å². The minimum Gasteiger partial charge on any atom is -0.370 e. The molecular weight excluding hydrogens is 196 g/mol. The van der Waals surface area contributed by atoms with Gasteiger partial charge >= 0.3 is 0 Å². The van der Waals surface area contributed by atoms with Gasteiger partial charge in [0.25, 0.3) is 0 Å². The molecule has 2 aliphatic heterocycles. The summed E-state index contributed by atoms with van der Waals surface area (Å²) in [4.78, 5) is 5.16. The van der Waals surface area contributed by atoms with Gasteiger partial charge in [-0.05, 0) is 38.4 Å². The zero-order chi connectivity index (χ0) is 11.0. The fourth-order valence-electron chi connectivity index (χ4n) is 3.18. The van der Waals surface area contributed by atoms with Crippen molar-refractivity contribution in [2.24, 2.45) is 0 Å². The van der Waals surface area contributed by atoms with Crippen LogP contribution in [0.1, 0.15) is 19.3 Å². The Bertz CT molecular complexity index is 349. The molecular formula is C14H20N2. The van der Waals surface area contributed by atoms with Crippen LogP contribution in [0, 0.1) is 0 Å². The summed E-state index contributed by atoms with van der Waals surface area (Å²) < 4.78 is 0. The van der Waals surface area contributed by atoms with E-state index in [0.717, 1.165) is 12.1 Å². The van der Waals surface area contributed by atoms with E-state index in [1.54, 1.807) is 0 Å². The summed E-state index contributed by atoms with van der Waals surface area (Å²) in [5, 5.41) is 0. The molecule has 2 fully saturated rings. The highest BCUT2D eigenvalue weighted by Crippen LogP contribution is 2.30. The molecule has 2 atom stereocenters. The molecule has 2 heterocycles. The number of fused-ring (bicyclic) bond motifs is 2. The van der Waals surface area contributed by atoms with Gasteiger partial charge in [0.1, 0.15) is 0 Å². The minimum atomic E-state index is 0.771. The third-order valence-electron chi connectivity index (χ3n) is 4.27. The quantitative estimate of drug-likeness (QED) is 0.711. The second kappa shape index (κ2) is 4.10. The SMILES string of the molecule is CN1C2CCC1CN(c1ccccc1)CC2. The number of para-hydroxylation sites is 1. The predicted octanol–water partition coefficient (Wildman–Crippen LogP) is 2.36. The second-order valence-electron chi connectivity index (χ2n) is 5.12. The Morgan fingerprint density at radius 3 is 2.56 bits per heavy atom. The lowest BCUT2D eigenvalue weighted by Gasteiger charge is -2.27. The maximum absolute atomic E-state index is 2.60. The van der Waals surface area contributed by atoms with Crippen molar-refractivity contribution in [1.82, 2.24) is 4.90 Å². The summed E-state index contributed by atoms with van der Waals surface area (Å²) in [6.45, 7) is 2.42. The Kier molecular flexibility index (Phi) is 2.60. The van der Waals surface area contributed by atoms with Gasteiger partial charge in [0, 0.05) is 30.9 Å². The largest absolute Gasteiger partial charge is 0.370 e. The maximum atomic E-state index is 2.60. The van der Waals surface area contributed by atoms with Gasteiger partial charge in [-0.3, -0.25) is 4.90 Å². The van der Waals surface area contributed by atoms with Crippen LogP contribution in [-0.4, -0.2) is 37.1 Å². The normalized spacial score (nSPS) is 30.4. The Morgan fingerprint density at radius 2 is 1.75 bits per heavy atom. The van der Waals surface area contributed by atoms with Crippen LogP contribution in [0.4, 0.5) is 5.69 Å². The molecule has 0 amide bonds. The molecule has 2 aliphatic rings. The number of hydrogen-bond donors (Lipinski definition) is 0. The number of nitrogens with zero attached hydrogens (tertiary/aromatic N) is 2. The van der Waals surface area contributed by atoms with E-state index in [-0.39, 0.29) is 0 Å². The first-order valence-corrected chi connectivity index (χ1v) is 6.36. The first-order valence-electron chi connectivity index (χ1n) is 6.36. The molecule has 86 valence electrons. The van der Waals surface area contributed by atoms with Crippen LogP contribution in [0.5, 0.6) is 0 Å². The summed E-state index contributed by atoms with van der Waals surface area (Å²) >= 11 is 0. The van der Waals surface area contributed by atoms with Crippen molar-refractivity contribution in [3.63, 3.8) is 0 Å². The molecule has 2 bridgehead atoms. The molecule has 0 N–H and O–H groups in total. The highest BCUT2D eigenvalue weighted by Gasteiger charge is 2.34.